The minimum absolute atomic E-state index is 0.859. The Morgan fingerprint density at radius 2 is 1.08 bits per heavy atom. The summed E-state index contributed by atoms with van der Waals surface area (Å²) < 4.78 is 0. The summed E-state index contributed by atoms with van der Waals surface area (Å²) in [7, 11) is 0. The molecule has 0 N–H and O–H groups in total. The second kappa shape index (κ2) is 17.7. The largest absolute Gasteiger partial charge is 0.236 e. The molecule has 1 heterocycles. The van der Waals surface area contributed by atoms with Gasteiger partial charge in [-0.3, -0.25) is 0 Å². The van der Waals surface area contributed by atoms with Crippen molar-refractivity contribution in [2.45, 2.75) is 142 Å². The molecule has 1 saturated carbocycles. The molecule has 0 bridgehead atoms. The van der Waals surface area contributed by atoms with Gasteiger partial charge in [0.25, 0.3) is 0 Å². The molecule has 0 saturated heterocycles. The fourth-order valence-electron chi connectivity index (χ4n) is 5.96. The number of hydrogen-bond acceptors (Lipinski definition) is 2. The first-order valence-electron chi connectivity index (χ1n) is 15.7. The van der Waals surface area contributed by atoms with Crippen LogP contribution in [0.1, 0.15) is 141 Å². The summed E-state index contributed by atoms with van der Waals surface area (Å²) in [5.74, 6) is 2.82. The standard InChI is InChI=1S/C34H54N2/c1-3-5-7-9-10-12-14-16-32-27-35-34(36-28-32)33-25-23-31(24-26-33)22-21-30-19-17-29(18-20-30)15-13-11-8-6-4-2/h23-30H,3-22H2,1-2H3/t29-,30-. The van der Waals surface area contributed by atoms with Gasteiger partial charge in [-0.2, -0.15) is 0 Å². The normalized spacial score (nSPS) is 17.9. The molecule has 0 amide bonds. The van der Waals surface area contributed by atoms with Crippen LogP contribution in [0.25, 0.3) is 11.4 Å². The maximum atomic E-state index is 4.67. The Hall–Kier alpha value is -1.70. The van der Waals surface area contributed by atoms with E-state index >= 15 is 0 Å². The first-order chi connectivity index (χ1) is 17.8. The Morgan fingerprint density at radius 1 is 0.556 bits per heavy atom. The molecule has 1 aliphatic carbocycles. The molecule has 0 spiro atoms. The molecule has 1 aromatic carbocycles. The third-order valence-corrected chi connectivity index (χ3v) is 8.51. The quantitative estimate of drug-likeness (QED) is 0.194. The molecule has 2 aromatic rings. The van der Waals surface area contributed by atoms with Crippen molar-refractivity contribution in [1.29, 1.82) is 0 Å². The van der Waals surface area contributed by atoms with E-state index in [-0.39, 0.29) is 0 Å². The van der Waals surface area contributed by atoms with Crippen molar-refractivity contribution in [3.63, 3.8) is 0 Å². The number of rotatable bonds is 18. The molecule has 2 heteroatoms. The summed E-state index contributed by atoms with van der Waals surface area (Å²) >= 11 is 0. The van der Waals surface area contributed by atoms with Crippen molar-refractivity contribution in [2.75, 3.05) is 0 Å². The van der Waals surface area contributed by atoms with Gasteiger partial charge in [-0.15, -0.1) is 0 Å². The number of aryl methyl sites for hydroxylation is 2. The molecular weight excluding hydrogens is 436 g/mol. The minimum atomic E-state index is 0.859. The van der Waals surface area contributed by atoms with E-state index < -0.39 is 0 Å². The molecule has 0 unspecified atom stereocenters. The molecule has 2 nitrogen and oxygen atoms in total. The smallest absolute Gasteiger partial charge is 0.159 e. The summed E-state index contributed by atoms with van der Waals surface area (Å²) in [4.78, 5) is 9.34. The van der Waals surface area contributed by atoms with Gasteiger partial charge in [-0.05, 0) is 48.6 Å². The molecule has 1 aromatic heterocycles. The Morgan fingerprint density at radius 3 is 1.69 bits per heavy atom. The molecule has 200 valence electrons. The molecular formula is C34H54N2. The van der Waals surface area contributed by atoms with E-state index in [4.69, 9.17) is 0 Å². The third kappa shape index (κ3) is 11.1. The van der Waals surface area contributed by atoms with Crippen molar-refractivity contribution in [1.82, 2.24) is 9.97 Å². The predicted octanol–water partition coefficient (Wildman–Crippen LogP) is 10.5. The van der Waals surface area contributed by atoms with Crippen LogP contribution in [0.3, 0.4) is 0 Å². The molecule has 1 aliphatic rings. The zero-order chi connectivity index (χ0) is 25.3. The van der Waals surface area contributed by atoms with Gasteiger partial charge in [-0.25, -0.2) is 9.97 Å². The number of benzene rings is 1. The fourth-order valence-corrected chi connectivity index (χ4v) is 5.96. The van der Waals surface area contributed by atoms with Gasteiger partial charge in [0.15, 0.2) is 5.82 Å². The van der Waals surface area contributed by atoms with Gasteiger partial charge in [0.05, 0.1) is 0 Å². The van der Waals surface area contributed by atoms with E-state index in [2.05, 4.69) is 48.1 Å². The number of hydrogen-bond donors (Lipinski definition) is 0. The summed E-state index contributed by atoms with van der Waals surface area (Å²) in [6.07, 6.45) is 31.7. The van der Waals surface area contributed by atoms with Gasteiger partial charge in [-0.1, -0.05) is 141 Å². The van der Waals surface area contributed by atoms with Gasteiger partial charge < -0.3 is 0 Å². The molecule has 3 rings (SSSR count). The van der Waals surface area contributed by atoms with Gasteiger partial charge in [0.2, 0.25) is 0 Å². The molecule has 36 heavy (non-hydrogen) atoms. The maximum Gasteiger partial charge on any atom is 0.159 e. The van der Waals surface area contributed by atoms with Crippen LogP contribution in [-0.4, -0.2) is 9.97 Å². The van der Waals surface area contributed by atoms with Crippen LogP contribution >= 0.6 is 0 Å². The highest BCUT2D eigenvalue weighted by molar-refractivity contribution is 5.55. The highest BCUT2D eigenvalue weighted by atomic mass is 14.9. The Labute approximate surface area is 223 Å². The Kier molecular flexibility index (Phi) is 14.2. The van der Waals surface area contributed by atoms with E-state index in [0.29, 0.717) is 0 Å². The van der Waals surface area contributed by atoms with Gasteiger partial charge in [0.1, 0.15) is 0 Å². The number of aromatic nitrogens is 2. The van der Waals surface area contributed by atoms with E-state index in [0.717, 1.165) is 29.6 Å². The third-order valence-electron chi connectivity index (χ3n) is 8.51. The molecule has 1 fully saturated rings. The van der Waals surface area contributed by atoms with E-state index in [9.17, 15) is 0 Å². The zero-order valence-electron chi connectivity index (χ0n) is 23.7. The summed E-state index contributed by atoms with van der Waals surface area (Å²) in [6, 6.07) is 9.03. The lowest BCUT2D eigenvalue weighted by Gasteiger charge is -2.28. The average Bonchev–Trinajstić information content (AvgIpc) is 2.93. The van der Waals surface area contributed by atoms with Crippen LogP contribution in [0.15, 0.2) is 36.7 Å². The number of unbranched alkanes of at least 4 members (excludes halogenated alkanes) is 10. The lowest BCUT2D eigenvalue weighted by molar-refractivity contribution is 0.248. The Balaban J connectivity index is 1.31. The van der Waals surface area contributed by atoms with Crippen LogP contribution in [0, 0.1) is 11.8 Å². The Bertz CT molecular complexity index is 787. The van der Waals surface area contributed by atoms with E-state index in [1.54, 1.807) is 0 Å². The lowest BCUT2D eigenvalue weighted by atomic mass is 9.77. The second-order valence-electron chi connectivity index (χ2n) is 11.6. The lowest BCUT2D eigenvalue weighted by Crippen LogP contribution is -2.15. The van der Waals surface area contributed by atoms with Crippen LogP contribution in [0.2, 0.25) is 0 Å². The van der Waals surface area contributed by atoms with Crippen molar-refractivity contribution >= 4 is 0 Å². The minimum Gasteiger partial charge on any atom is -0.236 e. The fraction of sp³-hybridized carbons (Fsp3) is 0.706. The molecule has 0 radical (unpaired) electrons. The van der Waals surface area contributed by atoms with Gasteiger partial charge in [0, 0.05) is 18.0 Å². The van der Waals surface area contributed by atoms with E-state index in [1.807, 2.05) is 12.4 Å². The zero-order valence-corrected chi connectivity index (χ0v) is 23.7. The van der Waals surface area contributed by atoms with Gasteiger partial charge >= 0.3 is 0 Å². The maximum absolute atomic E-state index is 4.67. The highest BCUT2D eigenvalue weighted by Gasteiger charge is 2.20. The SMILES string of the molecule is CCCCCCCCCc1cnc(-c2ccc(CC[C@H]3CC[C@H](CCCCCCC)CC3)cc2)nc1. The second-order valence-corrected chi connectivity index (χ2v) is 11.6. The summed E-state index contributed by atoms with van der Waals surface area (Å²) in [5, 5.41) is 0. The first kappa shape index (κ1) is 28.9. The van der Waals surface area contributed by atoms with Crippen LogP contribution in [0.5, 0.6) is 0 Å². The van der Waals surface area contributed by atoms with E-state index in [1.165, 1.54) is 133 Å². The number of nitrogens with zero attached hydrogens (tertiary/aromatic N) is 2. The van der Waals surface area contributed by atoms with Crippen molar-refractivity contribution < 1.29 is 0 Å². The topological polar surface area (TPSA) is 25.8 Å². The molecule has 0 aliphatic heterocycles. The monoisotopic (exact) mass is 490 g/mol. The van der Waals surface area contributed by atoms with Crippen LogP contribution in [0.4, 0.5) is 0 Å². The predicted molar refractivity (Wildman–Crippen MR) is 156 cm³/mol. The van der Waals surface area contributed by atoms with Crippen molar-refractivity contribution in [3.05, 3.63) is 47.8 Å². The highest BCUT2D eigenvalue weighted by Crippen LogP contribution is 2.34. The summed E-state index contributed by atoms with van der Waals surface area (Å²) in [5.41, 5.74) is 3.88. The van der Waals surface area contributed by atoms with Crippen molar-refractivity contribution in [3.8, 4) is 11.4 Å². The summed E-state index contributed by atoms with van der Waals surface area (Å²) in [6.45, 7) is 4.58. The van der Waals surface area contributed by atoms with Crippen LogP contribution in [-0.2, 0) is 12.8 Å². The van der Waals surface area contributed by atoms with Crippen molar-refractivity contribution in [2.24, 2.45) is 11.8 Å². The molecule has 0 atom stereocenters. The average molecular weight is 491 g/mol. The first-order valence-corrected chi connectivity index (χ1v) is 15.7. The van der Waals surface area contributed by atoms with Crippen LogP contribution < -0.4 is 0 Å².